The van der Waals surface area contributed by atoms with Gasteiger partial charge in [0.25, 0.3) is 0 Å². The number of carbonyl (C=O) groups excluding carboxylic acids is 1. The first-order chi connectivity index (χ1) is 12.9. The summed E-state index contributed by atoms with van der Waals surface area (Å²) in [5.41, 5.74) is 11.6. The Morgan fingerprint density at radius 2 is 1.93 bits per heavy atom. The number of aryl methyl sites for hydroxylation is 2. The number of nitrogens with two attached hydrogens (primary N) is 1. The Balaban J connectivity index is 0.00000280. The molecule has 2 heterocycles. The number of carbonyl (C=O) groups is 1. The minimum Gasteiger partial charge on any atom is -0.381 e. The molecule has 7 heteroatoms. The van der Waals surface area contributed by atoms with Gasteiger partial charge < -0.3 is 15.4 Å². The Morgan fingerprint density at radius 3 is 2.57 bits per heavy atom. The molecule has 154 valence electrons. The molecule has 1 unspecified atom stereocenters. The summed E-state index contributed by atoms with van der Waals surface area (Å²) in [6.45, 7) is 8.02. The van der Waals surface area contributed by atoms with E-state index in [1.54, 1.807) is 4.90 Å². The predicted octanol–water partition coefficient (Wildman–Crippen LogP) is 2.93. The van der Waals surface area contributed by atoms with E-state index in [-0.39, 0.29) is 24.2 Å². The third-order valence-corrected chi connectivity index (χ3v) is 5.62. The van der Waals surface area contributed by atoms with Crippen LogP contribution in [0.1, 0.15) is 35.4 Å². The van der Waals surface area contributed by atoms with Crippen LogP contribution in [-0.4, -0.2) is 46.9 Å². The van der Waals surface area contributed by atoms with Gasteiger partial charge in [-0.25, -0.2) is 4.68 Å². The van der Waals surface area contributed by atoms with Crippen LogP contribution in [-0.2, 0) is 16.1 Å². The number of aromatic nitrogens is 2. The fourth-order valence-corrected chi connectivity index (χ4v) is 3.79. The van der Waals surface area contributed by atoms with Crippen molar-refractivity contribution in [3.05, 3.63) is 46.8 Å². The van der Waals surface area contributed by atoms with Gasteiger partial charge in [-0.2, -0.15) is 5.10 Å². The third kappa shape index (κ3) is 4.57. The number of halogens is 1. The normalized spacial score (nSPS) is 15.8. The molecule has 1 aliphatic rings. The lowest BCUT2D eigenvalue weighted by Crippen LogP contribution is -2.47. The van der Waals surface area contributed by atoms with Crippen LogP contribution in [0.2, 0.25) is 0 Å². The monoisotopic (exact) mass is 406 g/mol. The number of para-hydroxylation sites is 1. The minimum atomic E-state index is -0.467. The van der Waals surface area contributed by atoms with Crippen LogP contribution in [0.25, 0.3) is 5.69 Å². The zero-order valence-electron chi connectivity index (χ0n) is 17.1. The van der Waals surface area contributed by atoms with Gasteiger partial charge in [0.1, 0.15) is 0 Å². The zero-order chi connectivity index (χ0) is 19.6. The SMILES string of the molecule is Cc1ccccc1-n1nc(C)c(CN(C)C(=O)C(N)C2CCOCC2)c1C.Cl. The lowest BCUT2D eigenvalue weighted by atomic mass is 9.91. The summed E-state index contributed by atoms with van der Waals surface area (Å²) >= 11 is 0. The number of ether oxygens (including phenoxy) is 1. The molecule has 6 nitrogen and oxygen atoms in total. The molecule has 1 amide bonds. The number of benzene rings is 1. The molecule has 1 aromatic carbocycles. The van der Waals surface area contributed by atoms with Gasteiger partial charge in [-0.05, 0) is 51.2 Å². The van der Waals surface area contributed by atoms with Crippen molar-refractivity contribution in [3.63, 3.8) is 0 Å². The first kappa shape index (κ1) is 22.4. The molecule has 3 rings (SSSR count). The molecule has 0 radical (unpaired) electrons. The van der Waals surface area contributed by atoms with Gasteiger partial charge in [-0.1, -0.05) is 18.2 Å². The van der Waals surface area contributed by atoms with E-state index < -0.39 is 6.04 Å². The highest BCUT2D eigenvalue weighted by Gasteiger charge is 2.29. The summed E-state index contributed by atoms with van der Waals surface area (Å²) in [6.07, 6.45) is 1.70. The molecule has 0 bridgehead atoms. The lowest BCUT2D eigenvalue weighted by molar-refractivity contribution is -0.133. The Morgan fingerprint density at radius 1 is 1.29 bits per heavy atom. The molecule has 1 aliphatic heterocycles. The maximum atomic E-state index is 12.8. The molecular weight excluding hydrogens is 376 g/mol. The zero-order valence-corrected chi connectivity index (χ0v) is 18.0. The highest BCUT2D eigenvalue weighted by molar-refractivity contribution is 5.85. The Labute approximate surface area is 173 Å². The average Bonchev–Trinajstić information content (AvgIpc) is 2.96. The molecule has 0 spiro atoms. The van der Waals surface area contributed by atoms with Gasteiger partial charge in [0.05, 0.1) is 17.4 Å². The highest BCUT2D eigenvalue weighted by atomic mass is 35.5. The van der Waals surface area contributed by atoms with E-state index in [0.29, 0.717) is 19.8 Å². The van der Waals surface area contributed by atoms with Crippen LogP contribution in [0, 0.1) is 26.7 Å². The van der Waals surface area contributed by atoms with Crippen LogP contribution in [0.4, 0.5) is 0 Å². The average molecular weight is 407 g/mol. The van der Waals surface area contributed by atoms with Crippen molar-refractivity contribution >= 4 is 18.3 Å². The van der Waals surface area contributed by atoms with Gasteiger partial charge in [0.15, 0.2) is 0 Å². The van der Waals surface area contributed by atoms with E-state index in [1.165, 1.54) is 5.56 Å². The fourth-order valence-electron chi connectivity index (χ4n) is 3.79. The van der Waals surface area contributed by atoms with Gasteiger partial charge >= 0.3 is 0 Å². The molecule has 2 N–H and O–H groups in total. The summed E-state index contributed by atoms with van der Waals surface area (Å²) < 4.78 is 7.35. The second-order valence-corrected chi connectivity index (χ2v) is 7.52. The van der Waals surface area contributed by atoms with E-state index in [1.807, 2.05) is 30.8 Å². The van der Waals surface area contributed by atoms with Gasteiger partial charge in [-0.3, -0.25) is 4.79 Å². The number of nitrogens with zero attached hydrogens (tertiary/aromatic N) is 3. The molecule has 1 fully saturated rings. The summed E-state index contributed by atoms with van der Waals surface area (Å²) in [7, 11) is 1.82. The van der Waals surface area contributed by atoms with Crippen molar-refractivity contribution in [2.24, 2.45) is 11.7 Å². The summed E-state index contributed by atoms with van der Waals surface area (Å²) in [4.78, 5) is 14.6. The van der Waals surface area contributed by atoms with Crippen LogP contribution >= 0.6 is 12.4 Å². The summed E-state index contributed by atoms with van der Waals surface area (Å²) in [5, 5.41) is 4.72. The second-order valence-electron chi connectivity index (χ2n) is 7.52. The van der Waals surface area contributed by atoms with Crippen LogP contribution in [0.15, 0.2) is 24.3 Å². The number of hydrogen-bond acceptors (Lipinski definition) is 4. The number of likely N-dealkylation sites (N-methyl/N-ethyl adjacent to an activating group) is 1. The highest BCUT2D eigenvalue weighted by Crippen LogP contribution is 2.23. The first-order valence-corrected chi connectivity index (χ1v) is 9.59. The Bertz CT molecular complexity index is 815. The van der Waals surface area contributed by atoms with Crippen molar-refractivity contribution in [1.29, 1.82) is 0 Å². The third-order valence-electron chi connectivity index (χ3n) is 5.62. The van der Waals surface area contributed by atoms with E-state index in [9.17, 15) is 4.79 Å². The van der Waals surface area contributed by atoms with Gasteiger partial charge in [-0.15, -0.1) is 12.4 Å². The summed E-state index contributed by atoms with van der Waals surface area (Å²) in [6, 6.07) is 7.71. The van der Waals surface area contributed by atoms with Crippen molar-refractivity contribution in [3.8, 4) is 5.69 Å². The molecule has 0 aliphatic carbocycles. The number of rotatable bonds is 5. The molecule has 28 heavy (non-hydrogen) atoms. The van der Waals surface area contributed by atoms with Crippen LogP contribution < -0.4 is 5.73 Å². The second kappa shape index (κ2) is 9.54. The van der Waals surface area contributed by atoms with Crippen molar-refractivity contribution in [2.75, 3.05) is 20.3 Å². The molecule has 0 saturated carbocycles. The molecule has 1 saturated heterocycles. The van der Waals surface area contributed by atoms with Crippen molar-refractivity contribution in [1.82, 2.24) is 14.7 Å². The smallest absolute Gasteiger partial charge is 0.239 e. The molecule has 1 atom stereocenters. The number of hydrogen-bond donors (Lipinski definition) is 1. The van der Waals surface area contributed by atoms with Crippen LogP contribution in [0.5, 0.6) is 0 Å². The Hall–Kier alpha value is -1.89. The van der Waals surface area contributed by atoms with Crippen molar-refractivity contribution in [2.45, 2.75) is 46.2 Å². The van der Waals surface area contributed by atoms with E-state index in [4.69, 9.17) is 15.6 Å². The predicted molar refractivity (Wildman–Crippen MR) is 113 cm³/mol. The van der Waals surface area contributed by atoms with Gasteiger partial charge in [0.2, 0.25) is 5.91 Å². The minimum absolute atomic E-state index is 0. The quantitative estimate of drug-likeness (QED) is 0.828. The molecule has 2 aromatic rings. The first-order valence-electron chi connectivity index (χ1n) is 9.59. The lowest BCUT2D eigenvalue weighted by Gasteiger charge is -2.30. The van der Waals surface area contributed by atoms with Crippen LogP contribution in [0.3, 0.4) is 0 Å². The van der Waals surface area contributed by atoms with Crippen molar-refractivity contribution < 1.29 is 9.53 Å². The van der Waals surface area contributed by atoms with Gasteiger partial charge in [0, 0.05) is 38.1 Å². The Kier molecular flexibility index (Phi) is 7.63. The molecular formula is C21H31ClN4O2. The largest absolute Gasteiger partial charge is 0.381 e. The molecule has 1 aromatic heterocycles. The topological polar surface area (TPSA) is 73.4 Å². The fraction of sp³-hybridized carbons (Fsp3) is 0.524. The van der Waals surface area contributed by atoms with E-state index >= 15 is 0 Å². The summed E-state index contributed by atoms with van der Waals surface area (Å²) in [5.74, 6) is 0.190. The maximum Gasteiger partial charge on any atom is 0.239 e. The maximum absolute atomic E-state index is 12.8. The van der Waals surface area contributed by atoms with E-state index in [2.05, 4.69) is 26.0 Å². The standard InChI is InChI=1S/C21H30N4O2.ClH/c1-14-7-5-6-8-19(14)25-16(3)18(15(2)23-25)13-24(4)21(26)20(22)17-9-11-27-12-10-17;/h5-8,17,20H,9-13,22H2,1-4H3;1H. The number of amides is 1. The van der Waals surface area contributed by atoms with E-state index in [0.717, 1.165) is 35.5 Å².